The average molecular weight is 874 g/mol. The molecule has 3 saturated heterocycles. The van der Waals surface area contributed by atoms with E-state index in [9.17, 15) is 0 Å². The van der Waals surface area contributed by atoms with E-state index in [1.54, 1.807) is 11.3 Å². The third kappa shape index (κ3) is 12.8. The molecule has 0 unspecified atom stereocenters. The fourth-order valence-electron chi connectivity index (χ4n) is 7.31. The highest BCUT2D eigenvalue weighted by atomic mass is 32.1. The number of rotatable bonds is 6. The summed E-state index contributed by atoms with van der Waals surface area (Å²) in [6.07, 6.45) is 3.02. The van der Waals surface area contributed by atoms with E-state index >= 15 is 0 Å². The zero-order valence-electron chi connectivity index (χ0n) is 39.1. The first-order valence-corrected chi connectivity index (χ1v) is 25.4. The fraction of sp³-hybridized carbons (Fsp3) is 0.562. The van der Waals surface area contributed by atoms with Crippen LogP contribution in [0, 0.1) is 0 Å². The van der Waals surface area contributed by atoms with Crippen LogP contribution in [0.1, 0.15) is 79.4 Å². The second-order valence-electron chi connectivity index (χ2n) is 14.8. The molecule has 0 spiro atoms. The van der Waals surface area contributed by atoms with Crippen LogP contribution < -0.4 is 14.7 Å². The van der Waals surface area contributed by atoms with E-state index < -0.39 is 0 Å². The molecule has 330 valence electrons. The maximum Gasteiger partial charge on any atom is 0.146 e. The van der Waals surface area contributed by atoms with Gasteiger partial charge in [0.1, 0.15) is 17.5 Å². The van der Waals surface area contributed by atoms with Gasteiger partial charge in [-0.15, -0.1) is 22.7 Å². The van der Waals surface area contributed by atoms with Crippen molar-refractivity contribution >= 4 is 82.4 Å². The normalized spacial score (nSPS) is 16.1. The molecular weight excluding hydrogens is 799 g/mol. The Balaban J connectivity index is 0.000000187. The summed E-state index contributed by atoms with van der Waals surface area (Å²) in [6.45, 7) is 31.8. The van der Waals surface area contributed by atoms with Crippen LogP contribution in [0.15, 0.2) is 51.9 Å². The lowest BCUT2D eigenvalue weighted by Gasteiger charge is -2.33. The van der Waals surface area contributed by atoms with Crippen LogP contribution in [-0.4, -0.2) is 129 Å². The van der Waals surface area contributed by atoms with Crippen LogP contribution in [0.5, 0.6) is 0 Å². The summed E-state index contributed by atoms with van der Waals surface area (Å²) >= 11 is 5.40. The molecule has 6 aromatic heterocycles. The Morgan fingerprint density at radius 2 is 0.883 bits per heavy atom. The Kier molecular flexibility index (Phi) is 21.0. The van der Waals surface area contributed by atoms with Gasteiger partial charge in [0.2, 0.25) is 0 Å². The number of aromatic nitrogens is 3. The molecule has 0 aromatic carbocycles. The third-order valence-electron chi connectivity index (χ3n) is 11.0. The largest absolute Gasteiger partial charge is 0.354 e. The summed E-state index contributed by atoms with van der Waals surface area (Å²) < 4.78 is 2.72. The van der Waals surface area contributed by atoms with E-state index in [0.29, 0.717) is 0 Å². The SMILES string of the molecule is CC.CC.CC.CCc1cc2ccsc2c(N2CCN(C)CC2)n1.CCc1cc2cscc2c(N2CCN(C)CC2)n1.CCc1cc2sccc2c(N2CCN(C)CC2)n1. The van der Waals surface area contributed by atoms with Crippen molar-refractivity contribution in [3.63, 3.8) is 0 Å². The lowest BCUT2D eigenvalue weighted by atomic mass is 10.2. The van der Waals surface area contributed by atoms with Crippen LogP contribution in [0.4, 0.5) is 17.5 Å². The van der Waals surface area contributed by atoms with Crippen molar-refractivity contribution in [1.29, 1.82) is 0 Å². The molecule has 3 aliphatic rings. The van der Waals surface area contributed by atoms with Crippen LogP contribution in [-0.2, 0) is 19.3 Å². The lowest BCUT2D eigenvalue weighted by molar-refractivity contribution is 0.312. The minimum atomic E-state index is 1.01. The number of pyridine rings is 3. The van der Waals surface area contributed by atoms with E-state index in [4.69, 9.17) is 15.0 Å². The van der Waals surface area contributed by atoms with Gasteiger partial charge in [-0.25, -0.2) is 15.0 Å². The van der Waals surface area contributed by atoms with E-state index in [-0.39, 0.29) is 0 Å². The molecule has 12 heteroatoms. The second kappa shape index (κ2) is 25.5. The Morgan fingerprint density at radius 1 is 0.467 bits per heavy atom. The van der Waals surface area contributed by atoms with Crippen molar-refractivity contribution < 1.29 is 0 Å². The van der Waals surface area contributed by atoms with Gasteiger partial charge in [0.05, 0.1) is 4.70 Å². The number of likely N-dealkylation sites (N-methyl/N-ethyl adjacent to an activating group) is 3. The number of aryl methyl sites for hydroxylation is 3. The van der Waals surface area contributed by atoms with Gasteiger partial charge in [-0.3, -0.25) is 0 Å². The first-order valence-electron chi connectivity index (χ1n) is 22.7. The molecule has 0 radical (unpaired) electrons. The van der Waals surface area contributed by atoms with E-state index in [1.807, 2.05) is 64.2 Å². The number of piperazine rings is 3. The summed E-state index contributed by atoms with van der Waals surface area (Å²) in [6, 6.07) is 11.1. The highest BCUT2D eigenvalue weighted by molar-refractivity contribution is 7.18. The van der Waals surface area contributed by atoms with Gasteiger partial charge in [-0.1, -0.05) is 62.3 Å². The lowest BCUT2D eigenvalue weighted by Crippen LogP contribution is -2.44. The number of nitrogens with zero attached hydrogens (tertiary/aromatic N) is 9. The van der Waals surface area contributed by atoms with Crippen molar-refractivity contribution in [2.24, 2.45) is 0 Å². The molecule has 0 saturated carbocycles. The number of thiophene rings is 3. The molecule has 60 heavy (non-hydrogen) atoms. The maximum absolute atomic E-state index is 4.86. The Morgan fingerprint density at radius 3 is 1.38 bits per heavy atom. The molecule has 0 aliphatic carbocycles. The number of anilines is 3. The number of hydrogen-bond donors (Lipinski definition) is 0. The third-order valence-corrected chi connectivity index (χ3v) is 13.5. The first-order chi connectivity index (χ1) is 29.3. The zero-order chi connectivity index (χ0) is 43.6. The predicted molar refractivity (Wildman–Crippen MR) is 270 cm³/mol. The minimum absolute atomic E-state index is 1.01. The molecule has 9 rings (SSSR count). The molecule has 6 aromatic rings. The van der Waals surface area contributed by atoms with E-state index in [0.717, 1.165) is 97.8 Å². The van der Waals surface area contributed by atoms with Crippen LogP contribution in [0.2, 0.25) is 0 Å². The topological polar surface area (TPSA) is 58.1 Å². The summed E-state index contributed by atoms with van der Waals surface area (Å²) in [5.41, 5.74) is 3.61. The van der Waals surface area contributed by atoms with Crippen molar-refractivity contribution in [3.8, 4) is 0 Å². The number of fused-ring (bicyclic) bond motifs is 3. The Hall–Kier alpha value is -3.39. The quantitative estimate of drug-likeness (QED) is 0.163. The van der Waals surface area contributed by atoms with Crippen LogP contribution in [0.25, 0.3) is 30.9 Å². The van der Waals surface area contributed by atoms with Gasteiger partial charge in [-0.05, 0) is 97.6 Å². The molecule has 3 aliphatic heterocycles. The molecule has 3 fully saturated rings. The van der Waals surface area contributed by atoms with Crippen molar-refractivity contribution in [1.82, 2.24) is 29.7 Å². The zero-order valence-corrected chi connectivity index (χ0v) is 41.5. The van der Waals surface area contributed by atoms with Crippen molar-refractivity contribution in [3.05, 3.63) is 68.9 Å². The average Bonchev–Trinajstić information content (AvgIpc) is 4.11. The van der Waals surface area contributed by atoms with Gasteiger partial charge in [0, 0.05) is 116 Å². The summed E-state index contributed by atoms with van der Waals surface area (Å²) in [5, 5.41) is 14.1. The van der Waals surface area contributed by atoms with Gasteiger partial charge >= 0.3 is 0 Å². The van der Waals surface area contributed by atoms with E-state index in [1.165, 1.54) is 65.5 Å². The summed E-state index contributed by atoms with van der Waals surface area (Å²) in [4.78, 5) is 29.0. The molecular formula is C48H75N9S3. The minimum Gasteiger partial charge on any atom is -0.354 e. The molecule has 0 N–H and O–H groups in total. The fourth-order valence-corrected chi connectivity index (χ4v) is 9.84. The highest BCUT2D eigenvalue weighted by Gasteiger charge is 2.21. The molecule has 0 bridgehead atoms. The summed E-state index contributed by atoms with van der Waals surface area (Å²) in [5.74, 6) is 3.59. The standard InChI is InChI=1S/3C14H19N3S.3C2H6/c1-3-12-10-11-4-9-18-13(11)14(15-12)17-7-5-16(2)6-8-17;1-3-11-10-13-12(4-9-18-13)14(15-11)17-7-5-16(2)6-8-17;1-3-12-8-11-9-18-10-13(11)14(15-12)17-6-4-16(2)5-7-17;3*1-2/h2*4,9-10H,3,5-8H2,1-2H3;8-10H,3-7H2,1-2H3;3*1-2H3. The second-order valence-corrected chi connectivity index (χ2v) is 17.4. The van der Waals surface area contributed by atoms with Crippen molar-refractivity contribution in [2.45, 2.75) is 81.6 Å². The molecule has 9 nitrogen and oxygen atoms in total. The molecule has 0 atom stereocenters. The van der Waals surface area contributed by atoms with Gasteiger partial charge in [0.25, 0.3) is 0 Å². The van der Waals surface area contributed by atoms with Crippen LogP contribution in [0.3, 0.4) is 0 Å². The van der Waals surface area contributed by atoms with Crippen LogP contribution >= 0.6 is 34.0 Å². The van der Waals surface area contributed by atoms with Gasteiger partial charge < -0.3 is 29.4 Å². The van der Waals surface area contributed by atoms with E-state index in [2.05, 4.69) is 123 Å². The summed E-state index contributed by atoms with van der Waals surface area (Å²) in [7, 11) is 6.56. The Labute approximate surface area is 375 Å². The predicted octanol–water partition coefficient (Wildman–Crippen LogP) is 10.9. The maximum atomic E-state index is 4.86. The smallest absolute Gasteiger partial charge is 0.146 e. The van der Waals surface area contributed by atoms with Gasteiger partial charge in [-0.2, -0.15) is 11.3 Å². The monoisotopic (exact) mass is 874 g/mol. The number of hydrogen-bond acceptors (Lipinski definition) is 12. The van der Waals surface area contributed by atoms with Crippen molar-refractivity contribution in [2.75, 3.05) is 114 Å². The molecule has 9 heterocycles. The highest BCUT2D eigenvalue weighted by Crippen LogP contribution is 2.33. The first kappa shape index (κ1) is 49.3. The molecule has 0 amide bonds. The Bertz CT molecular complexity index is 1860. The van der Waals surface area contributed by atoms with Gasteiger partial charge in [0.15, 0.2) is 0 Å².